The van der Waals surface area contributed by atoms with Gasteiger partial charge < -0.3 is 9.84 Å². The molecule has 1 aromatic carbocycles. The largest absolute Gasteiger partial charge is 0.496 e. The predicted octanol–water partition coefficient (Wildman–Crippen LogP) is 2.54. The Labute approximate surface area is 123 Å². The van der Waals surface area contributed by atoms with Crippen molar-refractivity contribution in [2.75, 3.05) is 7.11 Å². The van der Waals surface area contributed by atoms with Gasteiger partial charge in [0, 0.05) is 19.9 Å². The van der Waals surface area contributed by atoms with Crippen LogP contribution in [0.4, 0.5) is 0 Å². The Hall–Kier alpha value is -1.52. The number of halogens is 1. The van der Waals surface area contributed by atoms with E-state index in [9.17, 15) is 5.11 Å². The highest BCUT2D eigenvalue weighted by atomic mass is 35.5. The van der Waals surface area contributed by atoms with Crippen molar-refractivity contribution in [2.24, 2.45) is 7.05 Å². The molecule has 1 aromatic heterocycles. The second kappa shape index (κ2) is 6.29. The number of aromatic nitrogens is 2. The molecule has 0 saturated heterocycles. The number of aliphatic hydroxyl groups is 1. The van der Waals surface area contributed by atoms with Gasteiger partial charge in [0.2, 0.25) is 0 Å². The van der Waals surface area contributed by atoms with Crippen LogP contribution in [0.1, 0.15) is 17.0 Å². The normalized spacial score (nSPS) is 12.4. The first-order chi connectivity index (χ1) is 9.52. The van der Waals surface area contributed by atoms with Crippen molar-refractivity contribution in [2.45, 2.75) is 25.9 Å². The lowest BCUT2D eigenvalue weighted by Gasteiger charge is -2.13. The zero-order valence-corrected chi connectivity index (χ0v) is 12.7. The van der Waals surface area contributed by atoms with Crippen molar-refractivity contribution in [3.05, 3.63) is 46.2 Å². The highest BCUT2D eigenvalue weighted by Crippen LogP contribution is 2.23. The highest BCUT2D eigenvalue weighted by Gasteiger charge is 2.16. The van der Waals surface area contributed by atoms with Crippen molar-refractivity contribution in [3.63, 3.8) is 0 Å². The molecule has 20 heavy (non-hydrogen) atoms. The van der Waals surface area contributed by atoms with Gasteiger partial charge in [-0.05, 0) is 18.6 Å². The smallest absolute Gasteiger partial charge is 0.122 e. The summed E-state index contributed by atoms with van der Waals surface area (Å²) in [6, 6.07) is 7.70. The van der Waals surface area contributed by atoms with Gasteiger partial charge >= 0.3 is 0 Å². The van der Waals surface area contributed by atoms with Gasteiger partial charge in [0.25, 0.3) is 0 Å². The molecule has 0 radical (unpaired) electrons. The van der Waals surface area contributed by atoms with E-state index >= 15 is 0 Å². The van der Waals surface area contributed by atoms with Crippen molar-refractivity contribution in [3.8, 4) is 5.75 Å². The first kappa shape index (κ1) is 14.9. The summed E-state index contributed by atoms with van der Waals surface area (Å²) in [7, 11) is 3.47. The molecule has 2 aromatic rings. The highest BCUT2D eigenvalue weighted by molar-refractivity contribution is 6.31. The number of hydrogen-bond donors (Lipinski definition) is 1. The third-order valence-corrected chi connectivity index (χ3v) is 3.83. The van der Waals surface area contributed by atoms with Crippen LogP contribution in [0.25, 0.3) is 0 Å². The molecule has 1 N–H and O–H groups in total. The second-order valence-electron chi connectivity index (χ2n) is 4.84. The van der Waals surface area contributed by atoms with Crippen LogP contribution in [0.5, 0.6) is 5.75 Å². The molecule has 0 fully saturated rings. The number of ether oxygens (including phenoxy) is 1. The van der Waals surface area contributed by atoms with Crippen molar-refractivity contribution < 1.29 is 9.84 Å². The maximum absolute atomic E-state index is 10.3. The van der Waals surface area contributed by atoms with Crippen LogP contribution in [-0.2, 0) is 19.9 Å². The minimum Gasteiger partial charge on any atom is -0.496 e. The fraction of sp³-hybridized carbons (Fsp3) is 0.400. The van der Waals surface area contributed by atoms with Crippen LogP contribution in [0, 0.1) is 6.92 Å². The fourth-order valence-corrected chi connectivity index (χ4v) is 2.56. The van der Waals surface area contributed by atoms with Gasteiger partial charge in [-0.15, -0.1) is 0 Å². The molecular formula is C15H19ClN2O2. The zero-order valence-electron chi connectivity index (χ0n) is 11.9. The molecule has 0 amide bonds. The van der Waals surface area contributed by atoms with E-state index in [-0.39, 0.29) is 0 Å². The van der Waals surface area contributed by atoms with Crippen LogP contribution >= 0.6 is 11.6 Å². The zero-order chi connectivity index (χ0) is 14.7. The Morgan fingerprint density at radius 3 is 2.65 bits per heavy atom. The molecular weight excluding hydrogens is 276 g/mol. The van der Waals surface area contributed by atoms with E-state index in [2.05, 4.69) is 5.10 Å². The van der Waals surface area contributed by atoms with Crippen molar-refractivity contribution >= 4 is 11.6 Å². The Bertz CT molecular complexity index is 596. The maximum Gasteiger partial charge on any atom is 0.122 e. The number of aliphatic hydroxyl groups excluding tert-OH is 1. The number of rotatable bonds is 5. The molecule has 2 rings (SSSR count). The first-order valence-electron chi connectivity index (χ1n) is 6.50. The van der Waals surface area contributed by atoms with Crippen LogP contribution in [0.15, 0.2) is 24.3 Å². The Balaban J connectivity index is 2.11. The number of nitrogens with zero attached hydrogens (tertiary/aromatic N) is 2. The predicted molar refractivity (Wildman–Crippen MR) is 79.4 cm³/mol. The summed E-state index contributed by atoms with van der Waals surface area (Å²) in [4.78, 5) is 0. The third kappa shape index (κ3) is 3.14. The lowest BCUT2D eigenvalue weighted by molar-refractivity contribution is 0.171. The van der Waals surface area contributed by atoms with Crippen molar-refractivity contribution in [1.29, 1.82) is 0 Å². The van der Waals surface area contributed by atoms with Crippen LogP contribution in [0.2, 0.25) is 5.02 Å². The van der Waals surface area contributed by atoms with E-state index in [1.54, 1.807) is 11.8 Å². The lowest BCUT2D eigenvalue weighted by Crippen LogP contribution is -2.17. The van der Waals surface area contributed by atoms with Gasteiger partial charge in [-0.3, -0.25) is 4.68 Å². The Morgan fingerprint density at radius 1 is 1.35 bits per heavy atom. The Kier molecular flexibility index (Phi) is 4.68. The average Bonchev–Trinajstić information content (AvgIpc) is 2.66. The number of hydrogen-bond acceptors (Lipinski definition) is 3. The molecule has 0 bridgehead atoms. The van der Waals surface area contributed by atoms with Crippen LogP contribution in [0.3, 0.4) is 0 Å². The first-order valence-corrected chi connectivity index (χ1v) is 6.88. The lowest BCUT2D eigenvalue weighted by atomic mass is 10.0. The quantitative estimate of drug-likeness (QED) is 0.922. The molecule has 0 aliphatic carbocycles. The molecule has 0 aliphatic heterocycles. The minimum atomic E-state index is -0.529. The van der Waals surface area contributed by atoms with E-state index in [0.29, 0.717) is 17.9 Å². The monoisotopic (exact) mass is 294 g/mol. The number of benzene rings is 1. The molecule has 0 saturated carbocycles. The van der Waals surface area contributed by atoms with Gasteiger partial charge in [-0.1, -0.05) is 29.8 Å². The summed E-state index contributed by atoms with van der Waals surface area (Å²) in [5, 5.41) is 15.2. The van der Waals surface area contributed by atoms with E-state index < -0.39 is 6.10 Å². The van der Waals surface area contributed by atoms with E-state index in [0.717, 1.165) is 22.7 Å². The van der Waals surface area contributed by atoms with Gasteiger partial charge in [0.15, 0.2) is 0 Å². The molecule has 108 valence electrons. The van der Waals surface area contributed by atoms with Crippen LogP contribution in [-0.4, -0.2) is 28.1 Å². The molecule has 4 nitrogen and oxygen atoms in total. The third-order valence-electron chi connectivity index (χ3n) is 3.34. The fourth-order valence-electron chi connectivity index (χ4n) is 2.32. The molecule has 0 aliphatic rings. The summed E-state index contributed by atoms with van der Waals surface area (Å²) in [5.74, 6) is 0.791. The molecule has 5 heteroatoms. The summed E-state index contributed by atoms with van der Waals surface area (Å²) < 4.78 is 7.02. The summed E-state index contributed by atoms with van der Waals surface area (Å²) in [5.41, 5.74) is 2.62. The summed E-state index contributed by atoms with van der Waals surface area (Å²) >= 11 is 6.20. The van der Waals surface area contributed by atoms with E-state index in [1.165, 1.54) is 0 Å². The van der Waals surface area contributed by atoms with Gasteiger partial charge in [0.05, 0.1) is 29.6 Å². The van der Waals surface area contributed by atoms with Gasteiger partial charge in [0.1, 0.15) is 5.75 Å². The molecule has 1 heterocycles. The summed E-state index contributed by atoms with van der Waals surface area (Å²) in [6.45, 7) is 1.86. The number of methoxy groups -OCH3 is 1. The average molecular weight is 295 g/mol. The minimum absolute atomic E-state index is 0.466. The molecule has 0 spiro atoms. The van der Waals surface area contributed by atoms with Crippen molar-refractivity contribution in [1.82, 2.24) is 9.78 Å². The van der Waals surface area contributed by atoms with E-state index in [4.69, 9.17) is 16.3 Å². The number of aryl methyl sites for hydroxylation is 2. The topological polar surface area (TPSA) is 47.3 Å². The second-order valence-corrected chi connectivity index (χ2v) is 5.22. The standard InChI is InChI=1S/C15H19ClN2O2/c1-10-15(16)13(18(2)17-10)9-12(19)8-11-6-4-5-7-14(11)20-3/h4-7,12,19H,8-9H2,1-3H3. The van der Waals surface area contributed by atoms with Gasteiger partial charge in [-0.2, -0.15) is 5.10 Å². The Morgan fingerprint density at radius 2 is 2.05 bits per heavy atom. The molecule has 1 unspecified atom stereocenters. The SMILES string of the molecule is COc1ccccc1CC(O)Cc1c(Cl)c(C)nn1C. The van der Waals surface area contributed by atoms with Crippen LogP contribution < -0.4 is 4.74 Å². The van der Waals surface area contributed by atoms with E-state index in [1.807, 2.05) is 38.2 Å². The van der Waals surface area contributed by atoms with Gasteiger partial charge in [-0.25, -0.2) is 0 Å². The summed E-state index contributed by atoms with van der Waals surface area (Å²) in [6.07, 6.45) is 0.456. The maximum atomic E-state index is 10.3. The number of para-hydroxylation sites is 1. The molecule has 1 atom stereocenters.